The van der Waals surface area contributed by atoms with Crippen LogP contribution in [0.25, 0.3) is 0 Å². The number of hydrogen-bond donors (Lipinski definition) is 7. The molecule has 0 unspecified atom stereocenters. The maximum absolute atomic E-state index is 14.7. The predicted octanol–water partition coefficient (Wildman–Crippen LogP) is 4.32. The normalized spacial score (nSPS) is 16.5. The van der Waals surface area contributed by atoms with Gasteiger partial charge in [-0.15, -0.1) is 0 Å². The number of urea groups is 1. The average Bonchev–Trinajstić information content (AvgIpc) is 3.47. The number of benzene rings is 2. The number of carbonyl (C=O) groups is 4. The van der Waals surface area contributed by atoms with Gasteiger partial charge < -0.3 is 0 Å². The zero-order valence-corrected chi connectivity index (χ0v) is 35.9. The van der Waals surface area contributed by atoms with Gasteiger partial charge in [-0.3, -0.25) is 4.98 Å². The van der Waals surface area contributed by atoms with Crippen molar-refractivity contribution in [1.29, 1.82) is 0 Å². The number of pyridine rings is 1. The fourth-order valence-electron chi connectivity index (χ4n) is 7.28. The molecule has 1 aliphatic heterocycles. The standard InChI is InChI=1S/C42H61N6O10P/c1-28-15-14-20-31(43-28)26-47-21-22-48(40(47)53)36(42(5,6)7)38(50)44-32(23-29-16-10-8-11-17-29)25-34(57-27-58-59(54,55)56)33(24-30-18-12-9-13-19-30)45-37(49)35(41(2,3)4)46-39(51)52/h8-20,32-36,46,54-56,59H,21-27H2,1-7H3,(H,44,50)(H,45,49)(H,51,52)/t32-,33-,34-,35+,36+/m0/s1. The second kappa shape index (κ2) is 20.5. The molecule has 324 valence electrons. The molecule has 0 saturated carbocycles. The zero-order chi connectivity index (χ0) is 43.5. The van der Waals surface area contributed by atoms with Gasteiger partial charge in [0.1, 0.15) is 0 Å². The molecule has 3 aromatic rings. The number of nitrogens with zero attached hydrogens (tertiary/aromatic N) is 3. The molecule has 0 spiro atoms. The van der Waals surface area contributed by atoms with E-state index in [0.29, 0.717) is 26.1 Å². The van der Waals surface area contributed by atoms with E-state index in [1.165, 1.54) is 0 Å². The molecule has 17 heteroatoms. The van der Waals surface area contributed by atoms with Gasteiger partial charge in [-0.25, -0.2) is 0 Å². The zero-order valence-electron chi connectivity index (χ0n) is 34.9. The Hall–Kier alpha value is -4.70. The fourth-order valence-corrected chi connectivity index (χ4v) is 7.51. The predicted molar refractivity (Wildman–Crippen MR) is 224 cm³/mol. The van der Waals surface area contributed by atoms with Crippen molar-refractivity contribution in [1.82, 2.24) is 30.7 Å². The summed E-state index contributed by atoms with van der Waals surface area (Å²) in [5.41, 5.74) is 1.67. The molecule has 0 aliphatic carbocycles. The molecule has 5 atom stereocenters. The molecule has 4 rings (SSSR count). The molecule has 1 aliphatic rings. The quantitative estimate of drug-likeness (QED) is 0.0666. The molecule has 1 aromatic heterocycles. The third-order valence-electron chi connectivity index (χ3n) is 10.00. The van der Waals surface area contributed by atoms with Crippen LogP contribution in [0.5, 0.6) is 0 Å². The molecular weight excluding hydrogens is 779 g/mol. The number of amides is 5. The van der Waals surface area contributed by atoms with Crippen LogP contribution in [0.3, 0.4) is 0 Å². The van der Waals surface area contributed by atoms with Crippen molar-refractivity contribution < 1.29 is 48.2 Å². The Balaban J connectivity index is 1.71. The summed E-state index contributed by atoms with van der Waals surface area (Å²) in [4.78, 5) is 91.3. The van der Waals surface area contributed by atoms with E-state index in [-0.39, 0.29) is 18.9 Å². The van der Waals surface area contributed by atoms with E-state index in [9.17, 15) is 39.0 Å². The number of aromatic nitrogens is 1. The summed E-state index contributed by atoms with van der Waals surface area (Å²) < 4.78 is 11.0. The Kier molecular flexibility index (Phi) is 16.3. The van der Waals surface area contributed by atoms with Gasteiger partial charge in [-0.1, -0.05) is 6.07 Å². The fraction of sp³-hybridized carbons (Fsp3) is 0.500. The molecule has 2 heterocycles. The van der Waals surface area contributed by atoms with Crippen LogP contribution in [0.2, 0.25) is 0 Å². The summed E-state index contributed by atoms with van der Waals surface area (Å²) in [6.45, 7) is 12.9. The van der Waals surface area contributed by atoms with E-state index in [2.05, 4.69) is 20.9 Å². The first-order valence-corrected chi connectivity index (χ1v) is 21.4. The van der Waals surface area contributed by atoms with Gasteiger partial charge in [0.2, 0.25) is 0 Å². The molecule has 16 nitrogen and oxygen atoms in total. The third-order valence-corrected chi connectivity index (χ3v) is 10.5. The Morgan fingerprint density at radius 2 is 1.41 bits per heavy atom. The number of hydrogen-bond acceptors (Lipinski definition) is 10. The van der Waals surface area contributed by atoms with Crippen molar-refractivity contribution in [2.45, 2.75) is 105 Å². The SMILES string of the molecule is Cc1cccc(CN2CCN([C@H](C(=O)N[C@@H](Cc3ccccc3)C[C@H](OCO[PH](O)(O)O)[C@H](Cc3ccccc3)NC(=O)[C@@H](NC(=O)O)C(C)(C)C)C(C)(C)C)C2=O)n1. The van der Waals surface area contributed by atoms with E-state index in [4.69, 9.17) is 9.26 Å². The molecule has 5 amide bonds. The van der Waals surface area contributed by atoms with Crippen LogP contribution in [-0.4, -0.2) is 109 Å². The van der Waals surface area contributed by atoms with E-state index in [1.54, 1.807) is 30.6 Å². The van der Waals surface area contributed by atoms with Crippen molar-refractivity contribution in [2.24, 2.45) is 10.8 Å². The first-order valence-electron chi connectivity index (χ1n) is 19.7. The number of nitrogens with one attached hydrogen (secondary N) is 3. The molecule has 2 aromatic carbocycles. The minimum absolute atomic E-state index is 0.0150. The van der Waals surface area contributed by atoms with Crippen LogP contribution >= 0.6 is 8.17 Å². The number of rotatable bonds is 19. The van der Waals surface area contributed by atoms with Gasteiger partial charge >= 0.3 is 300 Å². The number of aryl methyl sites for hydroxylation is 1. The minimum atomic E-state index is -5.05. The van der Waals surface area contributed by atoms with Crippen LogP contribution in [0, 0.1) is 17.8 Å². The molecule has 59 heavy (non-hydrogen) atoms. The number of ether oxygens (including phenoxy) is 1. The van der Waals surface area contributed by atoms with Gasteiger partial charge in [0, 0.05) is 5.69 Å². The van der Waals surface area contributed by atoms with Gasteiger partial charge in [0.05, 0.1) is 12.2 Å². The molecule has 7 N–H and O–H groups in total. The monoisotopic (exact) mass is 840 g/mol. The smallest absolute Gasteiger partial charge is 0.256 e. The Labute approximate surface area is 347 Å². The average molecular weight is 841 g/mol. The first kappa shape index (κ1) is 47.0. The van der Waals surface area contributed by atoms with Crippen molar-refractivity contribution in [3.05, 3.63) is 101 Å². The molecule has 0 bridgehead atoms. The first-order chi connectivity index (χ1) is 27.6. The Morgan fingerprint density at radius 3 is 1.95 bits per heavy atom. The summed E-state index contributed by atoms with van der Waals surface area (Å²) >= 11 is 0. The topological polar surface area (TPSA) is 223 Å². The minimum Gasteiger partial charge on any atom is -0.256 e. The summed E-state index contributed by atoms with van der Waals surface area (Å²) in [5, 5.41) is 18.1. The van der Waals surface area contributed by atoms with E-state index < -0.39 is 74.0 Å². The van der Waals surface area contributed by atoms with Gasteiger partial charge in [-0.05, 0) is 19.1 Å². The van der Waals surface area contributed by atoms with Crippen LogP contribution < -0.4 is 16.0 Å². The van der Waals surface area contributed by atoms with Gasteiger partial charge in [0.25, 0.3) is 0 Å². The number of carbonyl (C=O) groups excluding carboxylic acids is 3. The third kappa shape index (κ3) is 14.8. The molecule has 1 fully saturated rings. The van der Waals surface area contributed by atoms with Gasteiger partial charge in [0.15, 0.2) is 0 Å². The molecule has 1 saturated heterocycles. The van der Waals surface area contributed by atoms with E-state index >= 15 is 0 Å². The molecule has 0 radical (unpaired) electrons. The Morgan fingerprint density at radius 1 is 0.797 bits per heavy atom. The summed E-state index contributed by atoms with van der Waals surface area (Å²) in [6.07, 6.45) is -1.94. The summed E-state index contributed by atoms with van der Waals surface area (Å²) in [6, 6.07) is 20.2. The van der Waals surface area contributed by atoms with Crippen molar-refractivity contribution in [3.63, 3.8) is 0 Å². The summed E-state index contributed by atoms with van der Waals surface area (Å²) in [5.74, 6) is -1.05. The van der Waals surface area contributed by atoms with Crippen LogP contribution in [0.4, 0.5) is 9.59 Å². The van der Waals surface area contributed by atoms with Crippen LogP contribution in [0.1, 0.15) is 70.5 Å². The number of carboxylic acid groups (broad SMARTS) is 1. The maximum atomic E-state index is 14.7. The Bertz CT molecular complexity index is 1850. The van der Waals surface area contributed by atoms with Gasteiger partial charge in [-0.2, -0.15) is 0 Å². The second-order valence-corrected chi connectivity index (χ2v) is 18.6. The van der Waals surface area contributed by atoms with E-state index in [0.717, 1.165) is 22.5 Å². The van der Waals surface area contributed by atoms with Crippen molar-refractivity contribution in [3.8, 4) is 0 Å². The summed E-state index contributed by atoms with van der Waals surface area (Å²) in [7, 11) is -5.05. The van der Waals surface area contributed by atoms with Crippen LogP contribution in [0.15, 0.2) is 78.9 Å². The van der Waals surface area contributed by atoms with E-state index in [1.807, 2.05) is 107 Å². The second-order valence-electron chi connectivity index (χ2n) is 17.2. The van der Waals surface area contributed by atoms with Crippen LogP contribution in [-0.2, 0) is 38.2 Å². The van der Waals surface area contributed by atoms with Crippen molar-refractivity contribution >= 4 is 32.1 Å². The van der Waals surface area contributed by atoms with Crippen molar-refractivity contribution in [2.75, 3.05) is 19.9 Å². The molecular formula is C42H61N6O10P.